The molecule has 1 nitrogen and oxygen atoms in total. The summed E-state index contributed by atoms with van der Waals surface area (Å²) in [4.78, 5) is 2.54. The van der Waals surface area contributed by atoms with Crippen molar-refractivity contribution >= 4 is 17.1 Å². The summed E-state index contributed by atoms with van der Waals surface area (Å²) in [5.41, 5.74) is 22.5. The maximum atomic E-state index is 2.74. The van der Waals surface area contributed by atoms with Crippen molar-refractivity contribution in [3.8, 4) is 44.5 Å². The number of fused-ring (bicyclic) bond motifs is 15. The average molecular weight is 742 g/mol. The first-order chi connectivity index (χ1) is 28.8. The minimum Gasteiger partial charge on any atom is -0.309 e. The molecule has 0 aromatic heterocycles. The van der Waals surface area contributed by atoms with Crippen LogP contribution in [-0.4, -0.2) is 0 Å². The Hall–Kier alpha value is -6.44. The molecular formula is C57H43N. The monoisotopic (exact) mass is 741 g/mol. The lowest BCUT2D eigenvalue weighted by molar-refractivity contribution is 0.296. The van der Waals surface area contributed by atoms with Crippen LogP contribution >= 0.6 is 0 Å². The van der Waals surface area contributed by atoms with Crippen molar-refractivity contribution in [2.45, 2.75) is 42.9 Å². The van der Waals surface area contributed by atoms with Gasteiger partial charge in [-0.25, -0.2) is 0 Å². The maximum Gasteiger partial charge on any atom is 0.0726 e. The van der Waals surface area contributed by atoms with Gasteiger partial charge in [0.05, 0.1) is 16.8 Å². The van der Waals surface area contributed by atoms with Gasteiger partial charge in [0.1, 0.15) is 0 Å². The normalized spacial score (nSPS) is 22.3. The minimum atomic E-state index is -0.404. The third kappa shape index (κ3) is 4.42. The molecule has 0 amide bonds. The highest BCUT2D eigenvalue weighted by molar-refractivity contribution is 6.02. The number of benzene rings is 8. The minimum absolute atomic E-state index is 0.404. The second-order valence-corrected chi connectivity index (χ2v) is 17.6. The van der Waals surface area contributed by atoms with E-state index in [1.165, 1.54) is 104 Å². The highest BCUT2D eigenvalue weighted by Gasteiger charge is 2.54. The second kappa shape index (κ2) is 12.3. The fraction of sp³-hybridized carbons (Fsp3) is 0.158. The number of hydrogen-bond donors (Lipinski definition) is 0. The number of anilines is 3. The number of rotatable bonds is 5. The lowest BCUT2D eigenvalue weighted by Crippen LogP contribution is -2.27. The largest absolute Gasteiger partial charge is 0.309 e. The molecule has 0 radical (unpaired) electrons. The Bertz CT molecular complexity index is 2920. The molecule has 2 fully saturated rings. The predicted molar refractivity (Wildman–Crippen MR) is 239 cm³/mol. The quantitative estimate of drug-likeness (QED) is 0.170. The first kappa shape index (κ1) is 32.6. The van der Waals surface area contributed by atoms with Gasteiger partial charge in [-0.2, -0.15) is 0 Å². The molecule has 1 spiro atoms. The van der Waals surface area contributed by atoms with Gasteiger partial charge in [0.2, 0.25) is 0 Å². The van der Waals surface area contributed by atoms with Gasteiger partial charge in [-0.1, -0.05) is 164 Å². The van der Waals surface area contributed by atoms with Crippen LogP contribution < -0.4 is 4.90 Å². The van der Waals surface area contributed by atoms with E-state index < -0.39 is 5.41 Å². The highest BCUT2D eigenvalue weighted by Crippen LogP contribution is 2.67. The van der Waals surface area contributed by atoms with Gasteiger partial charge in [0.25, 0.3) is 0 Å². The maximum absolute atomic E-state index is 2.74. The van der Waals surface area contributed by atoms with E-state index in [9.17, 15) is 0 Å². The number of nitrogens with zero attached hydrogens (tertiary/aromatic N) is 1. The van der Waals surface area contributed by atoms with E-state index in [2.05, 4.69) is 193 Å². The SMILES string of the molecule is c1ccc(-c2ccc(N(c3ccccc3-c3ccccc3)c3cccc4c3-c3ccccc3C43c4ccccc4-c4cc5c(cc43)C3CC4CC5CC3C4)cc2)cc1. The molecule has 0 N–H and O–H groups in total. The van der Waals surface area contributed by atoms with E-state index in [1.807, 2.05) is 0 Å². The molecule has 2 saturated carbocycles. The Morgan fingerprint density at radius 2 is 1.02 bits per heavy atom. The Morgan fingerprint density at radius 3 is 1.81 bits per heavy atom. The first-order valence-corrected chi connectivity index (χ1v) is 21.4. The molecule has 5 unspecified atom stereocenters. The smallest absolute Gasteiger partial charge is 0.0726 e. The summed E-state index contributed by atoms with van der Waals surface area (Å²) < 4.78 is 0. The molecule has 8 aromatic rings. The molecule has 58 heavy (non-hydrogen) atoms. The third-order valence-corrected chi connectivity index (χ3v) is 14.8. The molecule has 276 valence electrons. The van der Waals surface area contributed by atoms with Crippen LogP contribution in [0.15, 0.2) is 188 Å². The van der Waals surface area contributed by atoms with Crippen molar-refractivity contribution in [1.29, 1.82) is 0 Å². The van der Waals surface area contributed by atoms with Gasteiger partial charge in [0, 0.05) is 16.8 Å². The lowest BCUT2D eigenvalue weighted by Gasteiger charge is -2.38. The zero-order valence-electron chi connectivity index (χ0n) is 32.5. The number of para-hydroxylation sites is 1. The van der Waals surface area contributed by atoms with Crippen LogP contribution in [0, 0.1) is 11.8 Å². The van der Waals surface area contributed by atoms with Gasteiger partial charge >= 0.3 is 0 Å². The fourth-order valence-electron chi connectivity index (χ4n) is 12.7. The average Bonchev–Trinajstić information content (AvgIpc) is 3.85. The van der Waals surface area contributed by atoms with E-state index in [-0.39, 0.29) is 0 Å². The van der Waals surface area contributed by atoms with E-state index in [0.717, 1.165) is 17.5 Å². The fourth-order valence-corrected chi connectivity index (χ4v) is 12.7. The van der Waals surface area contributed by atoms with Crippen LogP contribution in [-0.2, 0) is 5.41 Å². The molecule has 5 atom stereocenters. The molecule has 5 aliphatic rings. The van der Waals surface area contributed by atoms with Gasteiger partial charge in [-0.3, -0.25) is 0 Å². The van der Waals surface area contributed by atoms with Crippen LogP contribution in [0.25, 0.3) is 44.5 Å². The Labute approximate surface area is 341 Å². The van der Waals surface area contributed by atoms with E-state index >= 15 is 0 Å². The zero-order chi connectivity index (χ0) is 38.0. The molecule has 0 heterocycles. The van der Waals surface area contributed by atoms with Crippen LogP contribution in [0.1, 0.15) is 70.9 Å². The number of hydrogen-bond acceptors (Lipinski definition) is 1. The van der Waals surface area contributed by atoms with Crippen molar-refractivity contribution in [2.75, 3.05) is 4.90 Å². The van der Waals surface area contributed by atoms with E-state index in [4.69, 9.17) is 0 Å². The summed E-state index contributed by atoms with van der Waals surface area (Å²) >= 11 is 0. The molecule has 3 bridgehead atoms. The zero-order valence-corrected chi connectivity index (χ0v) is 32.5. The van der Waals surface area contributed by atoms with Gasteiger partial charge in [-0.15, -0.1) is 0 Å². The lowest BCUT2D eigenvalue weighted by atomic mass is 9.66. The summed E-state index contributed by atoms with van der Waals surface area (Å²) in [5, 5.41) is 0. The molecule has 0 aliphatic heterocycles. The highest BCUT2D eigenvalue weighted by atomic mass is 15.1. The summed E-state index contributed by atoms with van der Waals surface area (Å²) in [6.45, 7) is 0. The Morgan fingerprint density at radius 1 is 0.397 bits per heavy atom. The van der Waals surface area contributed by atoms with E-state index in [0.29, 0.717) is 11.8 Å². The van der Waals surface area contributed by atoms with Gasteiger partial charge in [-0.05, 0) is 140 Å². The van der Waals surface area contributed by atoms with Crippen LogP contribution in [0.2, 0.25) is 0 Å². The van der Waals surface area contributed by atoms with Crippen LogP contribution in [0.5, 0.6) is 0 Å². The third-order valence-electron chi connectivity index (χ3n) is 14.8. The van der Waals surface area contributed by atoms with E-state index in [1.54, 1.807) is 11.1 Å². The molecule has 1 heteroatoms. The van der Waals surface area contributed by atoms with Crippen molar-refractivity contribution in [3.63, 3.8) is 0 Å². The molecule has 13 rings (SSSR count). The topological polar surface area (TPSA) is 3.24 Å². The molecule has 0 saturated heterocycles. The van der Waals surface area contributed by atoms with Crippen molar-refractivity contribution in [2.24, 2.45) is 11.8 Å². The first-order valence-electron chi connectivity index (χ1n) is 21.4. The Kier molecular flexibility index (Phi) is 6.91. The molecule has 8 aromatic carbocycles. The summed E-state index contributed by atoms with van der Waals surface area (Å²) in [5.74, 6) is 3.18. The predicted octanol–water partition coefficient (Wildman–Crippen LogP) is 14.8. The second-order valence-electron chi connectivity index (χ2n) is 17.6. The van der Waals surface area contributed by atoms with Crippen LogP contribution in [0.4, 0.5) is 17.1 Å². The van der Waals surface area contributed by atoms with Gasteiger partial charge in [0.15, 0.2) is 0 Å². The molecule has 5 aliphatic carbocycles. The van der Waals surface area contributed by atoms with Crippen LogP contribution in [0.3, 0.4) is 0 Å². The van der Waals surface area contributed by atoms with Crippen molar-refractivity contribution in [1.82, 2.24) is 0 Å². The summed E-state index contributed by atoms with van der Waals surface area (Å²) in [6.07, 6.45) is 5.59. The summed E-state index contributed by atoms with van der Waals surface area (Å²) in [6, 6.07) is 71.1. The summed E-state index contributed by atoms with van der Waals surface area (Å²) in [7, 11) is 0. The molecular weight excluding hydrogens is 699 g/mol. The standard InChI is InChI=1S/C57H43N/c1-3-14-37(15-4-1)38-26-28-42(29-27-38)58(54-24-12-9-18-43(54)39-16-5-2-6-17-39)55-25-13-23-52-56(55)45-20-8-11-22-51(45)57(52)50-21-10-7-19-44(50)49-34-47-41-31-36-30-40(33-41)46(32-36)48(47)35-53(49)57/h1-29,34-36,40-41,46H,30-33H2. The van der Waals surface area contributed by atoms with Crippen molar-refractivity contribution in [3.05, 3.63) is 221 Å². The van der Waals surface area contributed by atoms with Gasteiger partial charge < -0.3 is 4.90 Å². The van der Waals surface area contributed by atoms with Crippen molar-refractivity contribution < 1.29 is 0 Å². The Balaban J connectivity index is 1.09.